The molecule has 0 aliphatic heterocycles. The summed E-state index contributed by atoms with van der Waals surface area (Å²) in [5, 5.41) is 10.2. The van der Waals surface area contributed by atoms with Crippen molar-refractivity contribution < 1.29 is 14.6 Å². The fourth-order valence-electron chi connectivity index (χ4n) is 1.90. The fraction of sp³-hybridized carbons (Fsp3) is 0.357. The number of nitrogens with zero attached hydrogens (tertiary/aromatic N) is 1. The number of aliphatic hydroxyl groups excluding tert-OH is 1. The highest BCUT2D eigenvalue weighted by atomic mass is 79.9. The molecule has 0 fully saturated rings. The summed E-state index contributed by atoms with van der Waals surface area (Å²) in [6.45, 7) is 5.40. The molecule has 0 spiro atoms. The summed E-state index contributed by atoms with van der Waals surface area (Å²) in [5.74, 6) is 0. The highest BCUT2D eigenvalue weighted by Gasteiger charge is 2.21. The molecule has 19 heavy (non-hydrogen) atoms. The number of aliphatic hydroxyl groups is 1. The van der Waals surface area contributed by atoms with E-state index in [9.17, 15) is 9.90 Å². The summed E-state index contributed by atoms with van der Waals surface area (Å²) < 4.78 is 7.57. The van der Waals surface area contributed by atoms with Crippen molar-refractivity contribution in [2.45, 2.75) is 33.0 Å². The van der Waals surface area contributed by atoms with Crippen molar-refractivity contribution in [3.63, 3.8) is 0 Å². The average molecular weight is 326 g/mol. The van der Waals surface area contributed by atoms with E-state index in [0.717, 1.165) is 15.4 Å². The van der Waals surface area contributed by atoms with Crippen LogP contribution in [0.5, 0.6) is 0 Å². The van der Waals surface area contributed by atoms with Gasteiger partial charge in [0.25, 0.3) is 0 Å². The van der Waals surface area contributed by atoms with Gasteiger partial charge in [0.1, 0.15) is 5.60 Å². The van der Waals surface area contributed by atoms with Gasteiger partial charge >= 0.3 is 6.09 Å². The van der Waals surface area contributed by atoms with Gasteiger partial charge in [-0.25, -0.2) is 4.79 Å². The first kappa shape index (κ1) is 14.1. The highest BCUT2D eigenvalue weighted by molar-refractivity contribution is 9.10. The third-order valence-electron chi connectivity index (χ3n) is 2.63. The molecule has 2 aromatic rings. The van der Waals surface area contributed by atoms with E-state index in [-0.39, 0.29) is 6.61 Å². The van der Waals surface area contributed by atoms with Gasteiger partial charge < -0.3 is 9.84 Å². The van der Waals surface area contributed by atoms with Gasteiger partial charge in [0.2, 0.25) is 0 Å². The lowest BCUT2D eigenvalue weighted by Gasteiger charge is -2.19. The van der Waals surface area contributed by atoms with Crippen LogP contribution in [0.4, 0.5) is 4.79 Å². The SMILES string of the molecule is CC(C)(C)OC(=O)n1cc(Br)c2c(CO)cccc21. The minimum atomic E-state index is -0.547. The van der Waals surface area contributed by atoms with Crippen LogP contribution in [0.3, 0.4) is 0 Å². The second-order valence-corrected chi connectivity index (χ2v) is 6.15. The van der Waals surface area contributed by atoms with Crippen LogP contribution in [0.1, 0.15) is 26.3 Å². The summed E-state index contributed by atoms with van der Waals surface area (Å²) in [7, 11) is 0. The molecular weight excluding hydrogens is 310 g/mol. The zero-order chi connectivity index (χ0) is 14.2. The Morgan fingerprint density at radius 1 is 1.42 bits per heavy atom. The molecule has 2 rings (SSSR count). The number of fused-ring (bicyclic) bond motifs is 1. The molecule has 0 unspecified atom stereocenters. The predicted octanol–water partition coefficient (Wildman–Crippen LogP) is 3.68. The van der Waals surface area contributed by atoms with Crippen LogP contribution in [0.15, 0.2) is 28.9 Å². The molecule has 0 aliphatic rings. The van der Waals surface area contributed by atoms with E-state index in [1.165, 1.54) is 4.57 Å². The topological polar surface area (TPSA) is 51.5 Å². The molecule has 0 amide bonds. The molecule has 1 aromatic carbocycles. The molecule has 0 atom stereocenters. The van der Waals surface area contributed by atoms with Crippen molar-refractivity contribution in [1.29, 1.82) is 0 Å². The number of hydrogen-bond acceptors (Lipinski definition) is 3. The summed E-state index contributed by atoms with van der Waals surface area (Å²) >= 11 is 3.42. The smallest absolute Gasteiger partial charge is 0.419 e. The molecule has 5 heteroatoms. The maximum atomic E-state index is 12.1. The predicted molar refractivity (Wildman–Crippen MR) is 77.2 cm³/mol. The van der Waals surface area contributed by atoms with Gasteiger partial charge in [-0.1, -0.05) is 12.1 Å². The number of benzene rings is 1. The van der Waals surface area contributed by atoms with E-state index in [0.29, 0.717) is 5.52 Å². The third kappa shape index (κ3) is 2.82. The van der Waals surface area contributed by atoms with Gasteiger partial charge in [0.05, 0.1) is 12.1 Å². The van der Waals surface area contributed by atoms with Crippen LogP contribution < -0.4 is 0 Å². The molecule has 1 aromatic heterocycles. The molecule has 102 valence electrons. The maximum Gasteiger partial charge on any atom is 0.419 e. The molecule has 0 saturated heterocycles. The quantitative estimate of drug-likeness (QED) is 0.870. The van der Waals surface area contributed by atoms with Crippen LogP contribution in [0.2, 0.25) is 0 Å². The highest BCUT2D eigenvalue weighted by Crippen LogP contribution is 2.30. The molecule has 1 N–H and O–H groups in total. The monoisotopic (exact) mass is 325 g/mol. The van der Waals surface area contributed by atoms with Crippen molar-refractivity contribution in [3.8, 4) is 0 Å². The lowest BCUT2D eigenvalue weighted by molar-refractivity contribution is 0.0544. The number of ether oxygens (including phenoxy) is 1. The van der Waals surface area contributed by atoms with Crippen molar-refractivity contribution in [2.24, 2.45) is 0 Å². The van der Waals surface area contributed by atoms with Crippen LogP contribution in [-0.2, 0) is 11.3 Å². The summed E-state index contributed by atoms with van der Waals surface area (Å²) in [6.07, 6.45) is 1.23. The van der Waals surface area contributed by atoms with E-state index in [2.05, 4.69) is 15.9 Å². The first-order valence-electron chi connectivity index (χ1n) is 5.96. The molecule has 0 aliphatic carbocycles. The summed E-state index contributed by atoms with van der Waals surface area (Å²) in [6, 6.07) is 5.46. The second-order valence-electron chi connectivity index (χ2n) is 5.30. The van der Waals surface area contributed by atoms with E-state index < -0.39 is 11.7 Å². The van der Waals surface area contributed by atoms with Gasteiger partial charge in [0.15, 0.2) is 0 Å². The molecule has 1 heterocycles. The Labute approximate surface area is 120 Å². The number of hydrogen-bond donors (Lipinski definition) is 1. The lowest BCUT2D eigenvalue weighted by Crippen LogP contribution is -2.26. The summed E-state index contributed by atoms with van der Waals surface area (Å²) in [5.41, 5.74) is 0.939. The van der Waals surface area contributed by atoms with Crippen molar-refractivity contribution in [1.82, 2.24) is 4.57 Å². The first-order chi connectivity index (χ1) is 8.83. The summed E-state index contributed by atoms with van der Waals surface area (Å²) in [4.78, 5) is 12.1. The van der Waals surface area contributed by atoms with Crippen LogP contribution in [0, 0.1) is 0 Å². The Morgan fingerprint density at radius 2 is 2.11 bits per heavy atom. The number of carbonyl (C=O) groups excluding carboxylic acids is 1. The Balaban J connectivity index is 2.54. The van der Waals surface area contributed by atoms with E-state index >= 15 is 0 Å². The Morgan fingerprint density at radius 3 is 2.68 bits per heavy atom. The minimum Gasteiger partial charge on any atom is -0.443 e. The van der Waals surface area contributed by atoms with Crippen LogP contribution in [0.25, 0.3) is 10.9 Å². The van der Waals surface area contributed by atoms with Crippen LogP contribution in [-0.4, -0.2) is 21.4 Å². The van der Waals surface area contributed by atoms with Gasteiger partial charge in [-0.3, -0.25) is 4.57 Å². The maximum absolute atomic E-state index is 12.1. The third-order valence-corrected chi connectivity index (χ3v) is 3.23. The van der Waals surface area contributed by atoms with Crippen molar-refractivity contribution in [2.75, 3.05) is 0 Å². The van der Waals surface area contributed by atoms with Crippen molar-refractivity contribution in [3.05, 3.63) is 34.4 Å². The fourth-order valence-corrected chi connectivity index (χ4v) is 2.57. The molecular formula is C14H16BrNO3. The number of aromatic nitrogens is 1. The van der Waals surface area contributed by atoms with Gasteiger partial charge in [-0.15, -0.1) is 0 Å². The Hall–Kier alpha value is -1.33. The van der Waals surface area contributed by atoms with E-state index in [1.807, 2.05) is 32.9 Å². The Bertz CT molecular complexity index is 625. The second kappa shape index (κ2) is 4.98. The van der Waals surface area contributed by atoms with Crippen molar-refractivity contribution >= 4 is 32.9 Å². The number of halogens is 1. The van der Waals surface area contributed by atoms with Gasteiger partial charge in [0, 0.05) is 16.1 Å². The lowest BCUT2D eigenvalue weighted by atomic mass is 10.1. The molecule has 4 nitrogen and oxygen atoms in total. The normalized spacial score (nSPS) is 11.8. The Kier molecular flexibility index (Phi) is 3.69. The zero-order valence-corrected chi connectivity index (χ0v) is 12.7. The largest absolute Gasteiger partial charge is 0.443 e. The average Bonchev–Trinajstić information content (AvgIpc) is 2.65. The molecule has 0 saturated carbocycles. The zero-order valence-electron chi connectivity index (χ0n) is 11.1. The van der Waals surface area contributed by atoms with E-state index in [4.69, 9.17) is 4.74 Å². The molecule has 0 radical (unpaired) electrons. The minimum absolute atomic E-state index is 0.0751. The molecule has 0 bridgehead atoms. The first-order valence-corrected chi connectivity index (χ1v) is 6.75. The number of rotatable bonds is 1. The number of carbonyl (C=O) groups is 1. The van der Waals surface area contributed by atoms with Gasteiger partial charge in [-0.2, -0.15) is 0 Å². The standard InChI is InChI=1S/C14H16BrNO3/c1-14(2,3)19-13(18)16-7-10(15)12-9(8-17)5-4-6-11(12)16/h4-7,17H,8H2,1-3H3. The van der Waals surface area contributed by atoms with Crippen LogP contribution >= 0.6 is 15.9 Å². The van der Waals surface area contributed by atoms with Gasteiger partial charge in [-0.05, 0) is 48.3 Å². The van der Waals surface area contributed by atoms with E-state index in [1.54, 1.807) is 12.3 Å².